The van der Waals surface area contributed by atoms with Crippen LogP contribution in [-0.2, 0) is 4.79 Å². The molecule has 0 aliphatic heterocycles. The molecule has 160 valence electrons. The topological polar surface area (TPSA) is 54.5 Å². The van der Waals surface area contributed by atoms with Crippen LogP contribution in [0.1, 0.15) is 46.0 Å². The van der Waals surface area contributed by atoms with Gasteiger partial charge in [-0.2, -0.15) is 0 Å². The van der Waals surface area contributed by atoms with Crippen molar-refractivity contribution in [2.24, 2.45) is 0 Å². The third-order valence-corrected chi connectivity index (χ3v) is 5.70. The van der Waals surface area contributed by atoms with Crippen LogP contribution in [0.5, 0.6) is 0 Å². The van der Waals surface area contributed by atoms with Gasteiger partial charge in [-0.05, 0) is 24.1 Å². The van der Waals surface area contributed by atoms with E-state index in [0.717, 1.165) is 18.5 Å². The summed E-state index contributed by atoms with van der Waals surface area (Å²) in [6.45, 7) is 2.83. The summed E-state index contributed by atoms with van der Waals surface area (Å²) in [5.41, 5.74) is 2.33. The van der Waals surface area contributed by atoms with Crippen molar-refractivity contribution < 1.29 is 14.4 Å². The molecule has 4 rings (SSSR count). The molecule has 0 heterocycles. The highest BCUT2D eigenvalue weighted by atomic mass is 16.2. The van der Waals surface area contributed by atoms with Gasteiger partial charge in [-0.1, -0.05) is 86.1 Å². The number of benzene rings is 3. The average molecular weight is 424 g/mol. The Hall–Kier alpha value is -3.79. The maximum atomic E-state index is 13.6. The van der Waals surface area contributed by atoms with Crippen LogP contribution in [0.4, 0.5) is 5.69 Å². The van der Waals surface area contributed by atoms with Gasteiger partial charge in [-0.25, -0.2) is 0 Å². The Labute approximate surface area is 188 Å². The maximum absolute atomic E-state index is 13.6. The number of anilines is 1. The summed E-state index contributed by atoms with van der Waals surface area (Å²) in [6.07, 6.45) is 1.91. The van der Waals surface area contributed by atoms with Crippen molar-refractivity contribution in [2.75, 3.05) is 18.0 Å². The molecule has 1 aliphatic rings. The molecule has 0 amide bonds. The molecule has 3 aromatic rings. The van der Waals surface area contributed by atoms with E-state index in [-0.39, 0.29) is 35.0 Å². The van der Waals surface area contributed by atoms with Gasteiger partial charge in [0.2, 0.25) is 0 Å². The van der Waals surface area contributed by atoms with E-state index in [1.54, 1.807) is 48.5 Å². The van der Waals surface area contributed by atoms with Crippen LogP contribution in [0.3, 0.4) is 0 Å². The first-order valence-electron chi connectivity index (χ1n) is 10.9. The van der Waals surface area contributed by atoms with E-state index in [9.17, 15) is 14.4 Å². The Bertz CT molecular complexity index is 1180. The number of fused-ring (bicyclic) bond motifs is 1. The first-order valence-corrected chi connectivity index (χ1v) is 10.9. The molecular formula is C28H25NO3. The van der Waals surface area contributed by atoms with Crippen molar-refractivity contribution in [3.8, 4) is 0 Å². The molecule has 4 nitrogen and oxygen atoms in total. The molecule has 0 bridgehead atoms. The highest BCUT2D eigenvalue weighted by Gasteiger charge is 2.36. The van der Waals surface area contributed by atoms with E-state index in [4.69, 9.17) is 0 Å². The fourth-order valence-corrected chi connectivity index (χ4v) is 4.06. The molecule has 3 aromatic carbocycles. The van der Waals surface area contributed by atoms with Crippen LogP contribution in [-0.4, -0.2) is 30.4 Å². The molecule has 0 atom stereocenters. The van der Waals surface area contributed by atoms with Gasteiger partial charge in [-0.15, -0.1) is 0 Å². The highest BCUT2D eigenvalue weighted by molar-refractivity contribution is 6.47. The first kappa shape index (κ1) is 21.4. The summed E-state index contributed by atoms with van der Waals surface area (Å²) in [7, 11) is 0. The van der Waals surface area contributed by atoms with Crippen molar-refractivity contribution in [3.05, 3.63) is 107 Å². The number of hydrogen-bond acceptors (Lipinski definition) is 4. The third kappa shape index (κ3) is 4.17. The monoisotopic (exact) mass is 423 g/mol. The number of allylic oxidation sites excluding steroid dienone is 1. The zero-order valence-corrected chi connectivity index (χ0v) is 18.1. The number of rotatable bonds is 8. The van der Waals surface area contributed by atoms with Gasteiger partial charge >= 0.3 is 0 Å². The molecule has 0 N–H and O–H groups in total. The van der Waals surface area contributed by atoms with Gasteiger partial charge in [0.15, 0.2) is 17.3 Å². The van der Waals surface area contributed by atoms with E-state index in [1.807, 2.05) is 41.3 Å². The lowest BCUT2D eigenvalue weighted by atomic mass is 9.79. The van der Waals surface area contributed by atoms with E-state index in [2.05, 4.69) is 6.92 Å². The van der Waals surface area contributed by atoms with Crippen molar-refractivity contribution in [1.29, 1.82) is 0 Å². The van der Waals surface area contributed by atoms with Crippen LogP contribution >= 0.6 is 0 Å². The van der Waals surface area contributed by atoms with Crippen LogP contribution in [0, 0.1) is 0 Å². The minimum atomic E-state index is -0.382. The van der Waals surface area contributed by atoms with Gasteiger partial charge < -0.3 is 4.90 Å². The maximum Gasteiger partial charge on any atom is 0.198 e. The molecule has 1 aliphatic carbocycles. The number of nitrogens with zero attached hydrogens (tertiary/aromatic N) is 1. The second-order valence-corrected chi connectivity index (χ2v) is 7.85. The van der Waals surface area contributed by atoms with Crippen LogP contribution in [0.2, 0.25) is 0 Å². The molecule has 32 heavy (non-hydrogen) atoms. The molecule has 0 radical (unpaired) electrons. The lowest BCUT2D eigenvalue weighted by Crippen LogP contribution is -2.35. The second kappa shape index (κ2) is 9.56. The largest absolute Gasteiger partial charge is 0.364 e. The molecule has 0 fully saturated rings. The molecule has 0 spiro atoms. The summed E-state index contributed by atoms with van der Waals surface area (Å²) < 4.78 is 0. The number of para-hydroxylation sites is 1. The molecule has 0 saturated heterocycles. The summed E-state index contributed by atoms with van der Waals surface area (Å²) in [5, 5.41) is 0. The van der Waals surface area contributed by atoms with Crippen molar-refractivity contribution in [1.82, 2.24) is 0 Å². The van der Waals surface area contributed by atoms with E-state index in [1.165, 1.54) is 0 Å². The zero-order chi connectivity index (χ0) is 22.5. The zero-order valence-electron chi connectivity index (χ0n) is 18.1. The quantitative estimate of drug-likeness (QED) is 0.456. The molecule has 0 saturated carbocycles. The Morgan fingerprint density at radius 1 is 0.750 bits per heavy atom. The van der Waals surface area contributed by atoms with E-state index < -0.39 is 0 Å². The SMILES string of the molecule is CCCCN(CC(=O)C1=C(c2ccccc2)C(=O)c2ccccc2C1=O)c1ccccc1. The standard InChI is InChI=1S/C28H25NO3/c1-2-3-18-29(21-14-8-5-9-15-21)19-24(30)26-25(20-12-6-4-7-13-20)27(31)22-16-10-11-17-23(22)28(26)32/h4-17H,2-3,18-19H2,1H3. The Kier molecular flexibility index (Phi) is 6.41. The third-order valence-electron chi connectivity index (χ3n) is 5.70. The minimum absolute atomic E-state index is 0.0164. The average Bonchev–Trinajstić information content (AvgIpc) is 2.84. The minimum Gasteiger partial charge on any atom is -0.364 e. The number of carbonyl (C=O) groups is 3. The number of unbranched alkanes of at least 4 members (excludes halogenated alkanes) is 1. The summed E-state index contributed by atoms with van der Waals surface area (Å²) in [6, 6.07) is 25.4. The molecule has 0 aromatic heterocycles. The number of ketones is 3. The van der Waals surface area contributed by atoms with Crippen molar-refractivity contribution in [2.45, 2.75) is 19.8 Å². The van der Waals surface area contributed by atoms with Crippen molar-refractivity contribution in [3.63, 3.8) is 0 Å². The smallest absolute Gasteiger partial charge is 0.198 e. The van der Waals surface area contributed by atoms with E-state index >= 15 is 0 Å². The predicted octanol–water partition coefficient (Wildman–Crippen LogP) is 5.40. The highest BCUT2D eigenvalue weighted by Crippen LogP contribution is 2.33. The summed E-state index contributed by atoms with van der Waals surface area (Å²) in [5.74, 6) is -1.00. The second-order valence-electron chi connectivity index (χ2n) is 7.85. The summed E-state index contributed by atoms with van der Waals surface area (Å²) >= 11 is 0. The van der Waals surface area contributed by atoms with Crippen molar-refractivity contribution >= 4 is 28.6 Å². The fraction of sp³-hybridized carbons (Fsp3) is 0.179. The van der Waals surface area contributed by atoms with Crippen LogP contribution in [0.15, 0.2) is 90.5 Å². The van der Waals surface area contributed by atoms with E-state index in [0.29, 0.717) is 23.2 Å². The fourth-order valence-electron chi connectivity index (χ4n) is 4.06. The number of hydrogen-bond donors (Lipinski definition) is 0. The first-order chi connectivity index (χ1) is 15.6. The van der Waals surface area contributed by atoms with Crippen LogP contribution < -0.4 is 4.90 Å². The summed E-state index contributed by atoms with van der Waals surface area (Å²) in [4.78, 5) is 42.5. The van der Waals surface area contributed by atoms with Gasteiger partial charge in [-0.3, -0.25) is 14.4 Å². The van der Waals surface area contributed by atoms with Gasteiger partial charge in [0.25, 0.3) is 0 Å². The lowest BCUT2D eigenvalue weighted by molar-refractivity contribution is -0.114. The molecular weight excluding hydrogens is 398 g/mol. The lowest BCUT2D eigenvalue weighted by Gasteiger charge is -2.26. The molecule has 0 unspecified atom stereocenters. The van der Waals surface area contributed by atoms with Gasteiger partial charge in [0.1, 0.15) is 0 Å². The Balaban J connectivity index is 1.79. The predicted molar refractivity (Wildman–Crippen MR) is 127 cm³/mol. The molecule has 4 heteroatoms. The number of Topliss-reactive ketones (excluding diaryl/α,β-unsaturated/α-hetero) is 3. The number of carbonyl (C=O) groups excluding carboxylic acids is 3. The Morgan fingerprint density at radius 3 is 1.94 bits per heavy atom. The normalized spacial score (nSPS) is 13.2. The van der Waals surface area contributed by atoms with Gasteiger partial charge in [0.05, 0.1) is 12.1 Å². The van der Waals surface area contributed by atoms with Crippen LogP contribution in [0.25, 0.3) is 5.57 Å². The Morgan fingerprint density at radius 2 is 1.31 bits per heavy atom. The van der Waals surface area contributed by atoms with Gasteiger partial charge in [0, 0.05) is 28.9 Å².